The molecule has 0 atom stereocenters. The smallest absolute Gasteiger partial charge is 0.0726 e. The molecule has 4 aliphatic rings. The van der Waals surface area contributed by atoms with E-state index in [9.17, 15) is 0 Å². The van der Waals surface area contributed by atoms with E-state index < -0.39 is 5.41 Å². The Bertz CT molecular complexity index is 2370. The predicted molar refractivity (Wildman–Crippen MR) is 183 cm³/mol. The third-order valence-electron chi connectivity index (χ3n) is 11.2. The first-order valence-electron chi connectivity index (χ1n) is 15.8. The monoisotopic (exact) mass is 569 g/mol. The van der Waals surface area contributed by atoms with E-state index in [4.69, 9.17) is 5.73 Å². The van der Waals surface area contributed by atoms with Gasteiger partial charge in [-0.05, 0) is 113 Å². The van der Waals surface area contributed by atoms with Crippen LogP contribution in [0.25, 0.3) is 44.5 Å². The number of nitrogen functional groups attached to an aromatic ring is 1. The molecular weight excluding hydrogens is 542 g/mol. The lowest BCUT2D eigenvalue weighted by atomic mass is 9.68. The number of benzene rings is 7. The van der Waals surface area contributed by atoms with Crippen molar-refractivity contribution in [3.63, 3.8) is 0 Å². The van der Waals surface area contributed by atoms with E-state index in [2.05, 4.69) is 152 Å². The van der Waals surface area contributed by atoms with Crippen molar-refractivity contribution >= 4 is 5.69 Å². The summed E-state index contributed by atoms with van der Waals surface area (Å²) >= 11 is 0. The lowest BCUT2D eigenvalue weighted by molar-refractivity contribution is 0.783. The number of nitrogens with two attached hydrogens (primary N) is 1. The second-order valence-electron chi connectivity index (χ2n) is 13.0. The molecule has 0 bridgehead atoms. The highest BCUT2D eigenvalue weighted by Crippen LogP contribution is 2.67. The van der Waals surface area contributed by atoms with Gasteiger partial charge in [0.25, 0.3) is 0 Å². The maximum Gasteiger partial charge on any atom is 0.0726 e. The molecule has 0 amide bonds. The van der Waals surface area contributed by atoms with E-state index in [0.29, 0.717) is 0 Å². The quantitative estimate of drug-likeness (QED) is 0.181. The normalized spacial score (nSPS) is 15.6. The van der Waals surface area contributed by atoms with E-state index in [0.717, 1.165) is 5.69 Å². The molecule has 4 aliphatic carbocycles. The van der Waals surface area contributed by atoms with Crippen LogP contribution in [0.2, 0.25) is 0 Å². The molecule has 2 N–H and O–H groups in total. The van der Waals surface area contributed by atoms with Crippen LogP contribution in [0, 0.1) is 0 Å². The molecule has 1 heteroatoms. The Morgan fingerprint density at radius 2 is 0.556 bits per heavy atom. The van der Waals surface area contributed by atoms with Crippen molar-refractivity contribution in [2.45, 2.75) is 10.8 Å². The fourth-order valence-corrected chi connectivity index (χ4v) is 9.74. The molecule has 11 rings (SSSR count). The highest BCUT2D eigenvalue weighted by atomic mass is 14.6. The zero-order valence-corrected chi connectivity index (χ0v) is 24.5. The van der Waals surface area contributed by atoms with Crippen molar-refractivity contribution in [3.05, 3.63) is 196 Å². The minimum atomic E-state index is -0.432. The molecule has 0 unspecified atom stereocenters. The molecule has 7 aromatic rings. The van der Waals surface area contributed by atoms with Gasteiger partial charge in [-0.3, -0.25) is 0 Å². The van der Waals surface area contributed by atoms with Crippen LogP contribution in [0.15, 0.2) is 152 Å². The van der Waals surface area contributed by atoms with Gasteiger partial charge in [0, 0.05) is 5.69 Å². The summed E-state index contributed by atoms with van der Waals surface area (Å²) in [6.07, 6.45) is 0. The summed E-state index contributed by atoms with van der Waals surface area (Å²) in [5.41, 5.74) is 28.0. The molecule has 208 valence electrons. The lowest BCUT2D eigenvalue weighted by Gasteiger charge is -2.32. The van der Waals surface area contributed by atoms with Gasteiger partial charge in [0.05, 0.1) is 10.8 Å². The average Bonchev–Trinajstić information content (AvgIpc) is 3.76. The summed E-state index contributed by atoms with van der Waals surface area (Å²) in [5, 5.41) is 0. The van der Waals surface area contributed by atoms with Gasteiger partial charge in [-0.2, -0.15) is 0 Å². The second kappa shape index (κ2) is 7.88. The summed E-state index contributed by atoms with van der Waals surface area (Å²) in [6.45, 7) is 0. The van der Waals surface area contributed by atoms with Crippen molar-refractivity contribution in [1.29, 1.82) is 0 Å². The van der Waals surface area contributed by atoms with Gasteiger partial charge in [0.2, 0.25) is 0 Å². The van der Waals surface area contributed by atoms with Gasteiger partial charge < -0.3 is 5.73 Å². The molecule has 0 aromatic heterocycles. The fourth-order valence-electron chi connectivity index (χ4n) is 9.74. The first-order valence-corrected chi connectivity index (χ1v) is 15.8. The topological polar surface area (TPSA) is 26.0 Å². The van der Waals surface area contributed by atoms with Gasteiger partial charge in [0.1, 0.15) is 0 Å². The minimum Gasteiger partial charge on any atom is -0.399 e. The lowest BCUT2D eigenvalue weighted by Crippen LogP contribution is -2.27. The molecular formula is C44H27N. The third-order valence-corrected chi connectivity index (χ3v) is 11.2. The zero-order chi connectivity index (χ0) is 29.5. The summed E-state index contributed by atoms with van der Waals surface area (Å²) in [5.74, 6) is 0. The Morgan fingerprint density at radius 3 is 0.956 bits per heavy atom. The molecule has 0 saturated carbocycles. The molecule has 0 saturated heterocycles. The van der Waals surface area contributed by atoms with Crippen molar-refractivity contribution in [1.82, 2.24) is 0 Å². The zero-order valence-electron chi connectivity index (χ0n) is 24.5. The van der Waals surface area contributed by atoms with Crippen LogP contribution in [0.3, 0.4) is 0 Å². The van der Waals surface area contributed by atoms with Crippen molar-refractivity contribution in [2.24, 2.45) is 0 Å². The molecule has 0 heterocycles. The standard InChI is InChI=1S/C44H27N/c45-26-21-22-32-34-25-41-33(24-42(34)44(40(32)23-26)37-18-8-3-13-29(37)30-14-4-9-19-38(30)44)31-15-5-10-20-39(31)43(41)35-16-6-1-11-27(35)28-12-2-7-17-36(28)43/h1-25H,45H2. The Kier molecular flexibility index (Phi) is 4.16. The van der Waals surface area contributed by atoms with Crippen LogP contribution in [-0.2, 0) is 10.8 Å². The highest BCUT2D eigenvalue weighted by molar-refractivity contribution is 6.01. The number of rotatable bonds is 0. The van der Waals surface area contributed by atoms with Gasteiger partial charge in [-0.1, -0.05) is 127 Å². The summed E-state index contributed by atoms with van der Waals surface area (Å²) in [6, 6.07) is 56.9. The summed E-state index contributed by atoms with van der Waals surface area (Å²) in [4.78, 5) is 0. The first-order chi connectivity index (χ1) is 22.2. The Labute approximate surface area is 262 Å². The molecule has 0 fully saturated rings. The number of hydrogen-bond donors (Lipinski definition) is 1. The first kappa shape index (κ1) is 23.8. The van der Waals surface area contributed by atoms with E-state index in [1.807, 2.05) is 0 Å². The van der Waals surface area contributed by atoms with Crippen LogP contribution in [0.5, 0.6) is 0 Å². The van der Waals surface area contributed by atoms with E-state index in [1.54, 1.807) is 0 Å². The van der Waals surface area contributed by atoms with Crippen LogP contribution in [0.1, 0.15) is 44.5 Å². The summed E-state index contributed by atoms with van der Waals surface area (Å²) < 4.78 is 0. The number of anilines is 1. The second-order valence-corrected chi connectivity index (χ2v) is 13.0. The largest absolute Gasteiger partial charge is 0.399 e. The van der Waals surface area contributed by atoms with Gasteiger partial charge in [-0.15, -0.1) is 0 Å². The predicted octanol–water partition coefficient (Wildman–Crippen LogP) is 9.96. The van der Waals surface area contributed by atoms with E-state index in [1.165, 1.54) is 89.0 Å². The van der Waals surface area contributed by atoms with Gasteiger partial charge >= 0.3 is 0 Å². The van der Waals surface area contributed by atoms with E-state index in [-0.39, 0.29) is 5.41 Å². The van der Waals surface area contributed by atoms with Crippen LogP contribution in [0.4, 0.5) is 5.69 Å². The average molecular weight is 570 g/mol. The van der Waals surface area contributed by atoms with E-state index >= 15 is 0 Å². The Hall–Kier alpha value is -5.66. The Morgan fingerprint density at radius 1 is 0.267 bits per heavy atom. The number of hydrogen-bond acceptors (Lipinski definition) is 1. The molecule has 0 aliphatic heterocycles. The number of fused-ring (bicyclic) bond motifs is 20. The van der Waals surface area contributed by atoms with Crippen molar-refractivity contribution in [3.8, 4) is 44.5 Å². The molecule has 2 spiro atoms. The van der Waals surface area contributed by atoms with Crippen LogP contribution in [-0.4, -0.2) is 0 Å². The highest BCUT2D eigenvalue weighted by Gasteiger charge is 2.56. The molecule has 7 aromatic carbocycles. The van der Waals surface area contributed by atoms with Crippen LogP contribution < -0.4 is 5.73 Å². The van der Waals surface area contributed by atoms with Gasteiger partial charge in [0.15, 0.2) is 0 Å². The van der Waals surface area contributed by atoms with Crippen molar-refractivity contribution in [2.75, 3.05) is 5.73 Å². The van der Waals surface area contributed by atoms with Gasteiger partial charge in [-0.25, -0.2) is 0 Å². The third kappa shape index (κ3) is 2.50. The van der Waals surface area contributed by atoms with Crippen LogP contribution >= 0.6 is 0 Å². The maximum atomic E-state index is 6.62. The molecule has 1 nitrogen and oxygen atoms in total. The Balaban J connectivity index is 1.33. The maximum absolute atomic E-state index is 6.62. The molecule has 45 heavy (non-hydrogen) atoms. The minimum absolute atomic E-state index is 0.372. The summed E-state index contributed by atoms with van der Waals surface area (Å²) in [7, 11) is 0. The van der Waals surface area contributed by atoms with Crippen molar-refractivity contribution < 1.29 is 0 Å². The fraction of sp³-hybridized carbons (Fsp3) is 0.0455. The molecule has 0 radical (unpaired) electrons. The SMILES string of the molecule is Nc1ccc2c(c1)C1(c3ccccc3-c3ccccc31)c1cc3c(cc1-2)C1(c2ccccc2-c2ccccc21)c1ccccc1-3.